The van der Waals surface area contributed by atoms with E-state index in [0.717, 1.165) is 49.0 Å². The number of halogens is 1. The minimum atomic E-state index is 0.0700. The largest absolute Gasteiger partial charge is 0.289 e. The minimum absolute atomic E-state index is 0.0700. The third-order valence-electron chi connectivity index (χ3n) is 4.77. The van der Waals surface area contributed by atoms with Crippen molar-refractivity contribution in [1.82, 2.24) is 0 Å². The van der Waals surface area contributed by atoms with E-state index >= 15 is 0 Å². The van der Waals surface area contributed by atoms with E-state index in [9.17, 15) is 4.79 Å². The third-order valence-corrected chi connectivity index (χ3v) is 5.62. The van der Waals surface area contributed by atoms with Crippen molar-refractivity contribution >= 4 is 21.7 Å². The Hall–Kier alpha value is -2.70. The van der Waals surface area contributed by atoms with Crippen LogP contribution in [0.5, 0.6) is 0 Å². The topological polar surface area (TPSA) is 40.9 Å². The molecule has 0 radical (unpaired) electrons. The SMILES string of the molecule is Cc1cc2c(cc1Br)C(=O)c1cc(-c3ccc(C#N)cc3)c(C)cc1-2. The molecule has 0 bridgehead atoms. The Morgan fingerprint density at radius 2 is 1.40 bits per heavy atom. The summed E-state index contributed by atoms with van der Waals surface area (Å²) in [7, 11) is 0. The van der Waals surface area contributed by atoms with E-state index in [1.807, 2.05) is 31.2 Å². The number of nitrogens with zero attached hydrogens (tertiary/aromatic N) is 1. The lowest BCUT2D eigenvalue weighted by Gasteiger charge is -2.10. The fourth-order valence-corrected chi connectivity index (χ4v) is 3.73. The van der Waals surface area contributed by atoms with E-state index in [1.165, 1.54) is 0 Å². The van der Waals surface area contributed by atoms with Crippen molar-refractivity contribution in [3.05, 3.63) is 80.8 Å². The molecule has 0 unspecified atom stereocenters. The minimum Gasteiger partial charge on any atom is -0.289 e. The van der Waals surface area contributed by atoms with Gasteiger partial charge in [0.15, 0.2) is 5.78 Å². The van der Waals surface area contributed by atoms with Gasteiger partial charge in [-0.3, -0.25) is 4.79 Å². The first kappa shape index (κ1) is 15.8. The fourth-order valence-electron chi connectivity index (χ4n) is 3.39. The van der Waals surface area contributed by atoms with E-state index in [0.29, 0.717) is 5.56 Å². The highest BCUT2D eigenvalue weighted by Crippen LogP contribution is 2.42. The molecule has 3 aromatic rings. The van der Waals surface area contributed by atoms with Crippen molar-refractivity contribution in [2.45, 2.75) is 13.8 Å². The van der Waals surface area contributed by atoms with Crippen LogP contribution in [0.15, 0.2) is 53.0 Å². The summed E-state index contributed by atoms with van der Waals surface area (Å²) in [4.78, 5) is 12.9. The van der Waals surface area contributed by atoms with Gasteiger partial charge in [0, 0.05) is 15.6 Å². The standard InChI is InChI=1S/C22H14BrNO/c1-12-7-17-18-8-13(2)21(23)10-20(18)22(25)19(17)9-16(12)15-5-3-14(11-24)4-6-15/h3-10H,1-2H3. The molecule has 0 fully saturated rings. The smallest absolute Gasteiger partial charge is 0.194 e. The molecule has 0 N–H and O–H groups in total. The highest BCUT2D eigenvalue weighted by Gasteiger charge is 2.28. The zero-order valence-electron chi connectivity index (χ0n) is 13.9. The highest BCUT2D eigenvalue weighted by atomic mass is 79.9. The van der Waals surface area contributed by atoms with Gasteiger partial charge in [0.25, 0.3) is 0 Å². The van der Waals surface area contributed by atoms with Crippen molar-refractivity contribution in [3.63, 3.8) is 0 Å². The molecular weight excluding hydrogens is 374 g/mol. The number of carbonyl (C=O) groups is 1. The molecule has 0 saturated carbocycles. The van der Waals surface area contributed by atoms with E-state index < -0.39 is 0 Å². The summed E-state index contributed by atoms with van der Waals surface area (Å²) in [6.45, 7) is 4.09. The van der Waals surface area contributed by atoms with E-state index in [2.05, 4.69) is 41.1 Å². The monoisotopic (exact) mass is 387 g/mol. The summed E-state index contributed by atoms with van der Waals surface area (Å²) >= 11 is 3.52. The lowest BCUT2D eigenvalue weighted by Crippen LogP contribution is -1.97. The van der Waals surface area contributed by atoms with E-state index in [4.69, 9.17) is 5.26 Å². The lowest BCUT2D eigenvalue weighted by atomic mass is 9.94. The molecule has 1 aliphatic carbocycles. The van der Waals surface area contributed by atoms with Crippen LogP contribution in [0.4, 0.5) is 0 Å². The van der Waals surface area contributed by atoms with E-state index in [1.54, 1.807) is 12.1 Å². The summed E-state index contributed by atoms with van der Waals surface area (Å²) in [5, 5.41) is 8.96. The van der Waals surface area contributed by atoms with Gasteiger partial charge in [0.1, 0.15) is 0 Å². The number of fused-ring (bicyclic) bond motifs is 3. The number of nitriles is 1. The molecule has 0 aromatic heterocycles. The summed E-state index contributed by atoms with van der Waals surface area (Å²) in [6.07, 6.45) is 0. The maximum absolute atomic E-state index is 12.9. The number of rotatable bonds is 1. The zero-order valence-corrected chi connectivity index (χ0v) is 15.4. The van der Waals surface area contributed by atoms with Crippen molar-refractivity contribution in [2.75, 3.05) is 0 Å². The predicted octanol–water partition coefficient (Wildman–Crippen LogP) is 5.82. The lowest BCUT2D eigenvalue weighted by molar-refractivity contribution is 0.104. The van der Waals surface area contributed by atoms with Crippen LogP contribution in [-0.2, 0) is 0 Å². The molecule has 0 saturated heterocycles. The van der Waals surface area contributed by atoms with Crippen LogP contribution in [0.25, 0.3) is 22.3 Å². The van der Waals surface area contributed by atoms with E-state index in [-0.39, 0.29) is 5.78 Å². The highest BCUT2D eigenvalue weighted by molar-refractivity contribution is 9.10. The molecule has 0 amide bonds. The average molecular weight is 388 g/mol. The molecule has 0 aliphatic heterocycles. The van der Waals surface area contributed by atoms with Crippen LogP contribution in [0.3, 0.4) is 0 Å². The Labute approximate surface area is 154 Å². The molecule has 25 heavy (non-hydrogen) atoms. The zero-order chi connectivity index (χ0) is 17.7. The van der Waals surface area contributed by atoms with Crippen molar-refractivity contribution < 1.29 is 4.79 Å². The molecule has 0 spiro atoms. The molecule has 2 nitrogen and oxygen atoms in total. The number of benzene rings is 3. The number of hydrogen-bond acceptors (Lipinski definition) is 2. The van der Waals surface area contributed by atoms with Crippen molar-refractivity contribution in [1.29, 1.82) is 5.26 Å². The van der Waals surface area contributed by atoms with Crippen LogP contribution >= 0.6 is 15.9 Å². The molecule has 3 heteroatoms. The Bertz CT molecular complexity index is 1090. The summed E-state index contributed by atoms with van der Waals surface area (Å²) < 4.78 is 0.955. The van der Waals surface area contributed by atoms with Gasteiger partial charge < -0.3 is 0 Å². The molecule has 0 atom stereocenters. The van der Waals surface area contributed by atoms with Gasteiger partial charge >= 0.3 is 0 Å². The van der Waals surface area contributed by atoms with Gasteiger partial charge in [-0.05, 0) is 77.6 Å². The average Bonchev–Trinajstić information content (AvgIpc) is 2.86. The van der Waals surface area contributed by atoms with Crippen LogP contribution in [0.2, 0.25) is 0 Å². The van der Waals surface area contributed by atoms with Crippen LogP contribution in [-0.4, -0.2) is 5.78 Å². The number of aryl methyl sites for hydroxylation is 2. The first-order valence-corrected chi connectivity index (χ1v) is 8.79. The third kappa shape index (κ3) is 2.42. The molecule has 0 heterocycles. The van der Waals surface area contributed by atoms with Crippen LogP contribution in [0, 0.1) is 25.2 Å². The first-order chi connectivity index (χ1) is 12.0. The summed E-state index contributed by atoms with van der Waals surface area (Å²) in [5.74, 6) is 0.0700. The molecule has 4 rings (SSSR count). The maximum Gasteiger partial charge on any atom is 0.194 e. The van der Waals surface area contributed by atoms with Gasteiger partial charge in [0.2, 0.25) is 0 Å². The van der Waals surface area contributed by atoms with Crippen LogP contribution < -0.4 is 0 Å². The van der Waals surface area contributed by atoms with Crippen molar-refractivity contribution in [2.24, 2.45) is 0 Å². The van der Waals surface area contributed by atoms with Gasteiger partial charge in [-0.2, -0.15) is 5.26 Å². The van der Waals surface area contributed by atoms with Gasteiger partial charge in [-0.25, -0.2) is 0 Å². The van der Waals surface area contributed by atoms with Crippen LogP contribution in [0.1, 0.15) is 32.6 Å². The maximum atomic E-state index is 12.9. The Morgan fingerprint density at radius 3 is 2.04 bits per heavy atom. The molecule has 3 aromatic carbocycles. The summed E-state index contributed by atoms with van der Waals surface area (Å²) in [5.41, 5.74) is 8.42. The Kier molecular flexibility index (Phi) is 3.59. The molecule has 120 valence electrons. The number of carbonyl (C=O) groups excluding carboxylic acids is 1. The second-order valence-corrected chi connectivity index (χ2v) is 7.23. The van der Waals surface area contributed by atoms with Crippen molar-refractivity contribution in [3.8, 4) is 28.3 Å². The quantitative estimate of drug-likeness (QED) is 0.413. The molecule has 1 aliphatic rings. The second-order valence-electron chi connectivity index (χ2n) is 6.38. The number of hydrogen-bond donors (Lipinski definition) is 0. The normalized spacial score (nSPS) is 11.8. The Balaban J connectivity index is 1.90. The second kappa shape index (κ2) is 5.68. The van der Waals surface area contributed by atoms with Gasteiger partial charge in [0.05, 0.1) is 11.6 Å². The first-order valence-electron chi connectivity index (χ1n) is 8.00. The number of ketones is 1. The fraction of sp³-hybridized carbons (Fsp3) is 0.0909. The van der Waals surface area contributed by atoms with Gasteiger partial charge in [-0.15, -0.1) is 0 Å². The Morgan fingerprint density at radius 1 is 0.800 bits per heavy atom. The van der Waals surface area contributed by atoms with Gasteiger partial charge in [-0.1, -0.05) is 34.1 Å². The molecular formula is C22H14BrNO. The predicted molar refractivity (Wildman–Crippen MR) is 103 cm³/mol. The summed E-state index contributed by atoms with van der Waals surface area (Å²) in [6, 6.07) is 17.7.